The molecule has 4 nitrogen and oxygen atoms in total. The van der Waals surface area contributed by atoms with E-state index in [0.717, 1.165) is 43.2 Å². The molecule has 3 rings (SSSR count). The highest BCUT2D eigenvalue weighted by Gasteiger charge is 2.26. The lowest BCUT2D eigenvalue weighted by Crippen LogP contribution is -2.38. The van der Waals surface area contributed by atoms with Gasteiger partial charge >= 0.3 is 5.97 Å². The second-order valence-corrected chi connectivity index (χ2v) is 6.89. The summed E-state index contributed by atoms with van der Waals surface area (Å²) >= 11 is 3.37. The van der Waals surface area contributed by atoms with Gasteiger partial charge in [-0.15, -0.1) is 11.3 Å². The maximum absolute atomic E-state index is 11.7. The van der Waals surface area contributed by atoms with Gasteiger partial charge in [-0.3, -0.25) is 9.69 Å². The molecular weight excluding hydrogens is 304 g/mol. The molecule has 0 bridgehead atoms. The molecule has 0 spiro atoms. The number of ether oxygens (including phenoxy) is 1. The van der Waals surface area contributed by atoms with Gasteiger partial charge in [-0.05, 0) is 30.8 Å². The lowest BCUT2D eigenvalue weighted by molar-refractivity contribution is -0.147. The average molecular weight is 322 g/mol. The first-order chi connectivity index (χ1) is 10.3. The Bertz CT molecular complexity index is 595. The van der Waals surface area contributed by atoms with Gasteiger partial charge in [-0.2, -0.15) is 11.3 Å². The lowest BCUT2D eigenvalue weighted by Gasteiger charge is -2.30. The van der Waals surface area contributed by atoms with Gasteiger partial charge in [0.25, 0.3) is 0 Å². The number of piperidine rings is 1. The standard InChI is InChI=1S/C15H18N2O2S2/c1-19-15(18)11-3-2-5-17(7-11)8-13-10-21-14(16-13)12-4-6-20-9-12/h4,6,9-11H,2-3,5,7-8H2,1H3. The van der Waals surface area contributed by atoms with Gasteiger partial charge in [-0.25, -0.2) is 4.98 Å². The fourth-order valence-electron chi connectivity index (χ4n) is 2.69. The number of thiophene rings is 1. The second-order valence-electron chi connectivity index (χ2n) is 5.25. The van der Waals surface area contributed by atoms with Gasteiger partial charge in [-0.1, -0.05) is 0 Å². The Kier molecular flexibility index (Phi) is 4.67. The van der Waals surface area contributed by atoms with Gasteiger partial charge in [0.05, 0.1) is 18.7 Å². The van der Waals surface area contributed by atoms with Crippen molar-refractivity contribution in [3.8, 4) is 10.6 Å². The fraction of sp³-hybridized carbons (Fsp3) is 0.467. The number of esters is 1. The van der Waals surface area contributed by atoms with Crippen LogP contribution in [0, 0.1) is 5.92 Å². The molecule has 1 fully saturated rings. The Balaban J connectivity index is 1.62. The molecule has 112 valence electrons. The first-order valence-corrected chi connectivity index (χ1v) is 8.85. The summed E-state index contributed by atoms with van der Waals surface area (Å²) in [5, 5.41) is 7.39. The van der Waals surface area contributed by atoms with Crippen molar-refractivity contribution in [3.05, 3.63) is 27.9 Å². The number of likely N-dealkylation sites (tertiary alicyclic amines) is 1. The summed E-state index contributed by atoms with van der Waals surface area (Å²) in [6, 6.07) is 2.10. The van der Waals surface area contributed by atoms with Gasteiger partial charge in [0.15, 0.2) is 0 Å². The van der Waals surface area contributed by atoms with E-state index in [1.54, 1.807) is 22.7 Å². The molecular formula is C15H18N2O2S2. The zero-order chi connectivity index (χ0) is 14.7. The van der Waals surface area contributed by atoms with E-state index in [9.17, 15) is 4.79 Å². The largest absolute Gasteiger partial charge is 0.469 e. The normalized spacial score (nSPS) is 19.6. The van der Waals surface area contributed by atoms with Gasteiger partial charge in [0.1, 0.15) is 5.01 Å². The van der Waals surface area contributed by atoms with Crippen LogP contribution >= 0.6 is 22.7 Å². The molecule has 1 unspecified atom stereocenters. The number of hydrogen-bond acceptors (Lipinski definition) is 6. The van der Waals surface area contributed by atoms with Crippen LogP contribution in [0.2, 0.25) is 0 Å². The minimum absolute atomic E-state index is 0.0127. The quantitative estimate of drug-likeness (QED) is 0.810. The highest BCUT2D eigenvalue weighted by atomic mass is 32.1. The predicted octanol–water partition coefficient (Wildman–Crippen LogP) is 3.26. The maximum Gasteiger partial charge on any atom is 0.309 e. The lowest BCUT2D eigenvalue weighted by atomic mass is 9.98. The molecule has 1 aliphatic heterocycles. The Morgan fingerprint density at radius 2 is 2.43 bits per heavy atom. The summed E-state index contributed by atoms with van der Waals surface area (Å²) in [6.07, 6.45) is 1.97. The van der Waals surface area contributed by atoms with Crippen molar-refractivity contribution in [3.63, 3.8) is 0 Å². The molecule has 0 saturated carbocycles. The molecule has 0 amide bonds. The van der Waals surface area contributed by atoms with Gasteiger partial charge in [0, 0.05) is 29.4 Å². The summed E-state index contributed by atoms with van der Waals surface area (Å²) in [4.78, 5) is 18.7. The Labute approximate surface area is 132 Å². The number of nitrogens with zero attached hydrogens (tertiary/aromatic N) is 2. The van der Waals surface area contributed by atoms with E-state index >= 15 is 0 Å². The fourth-order valence-corrected chi connectivity index (χ4v) is 4.21. The Morgan fingerprint density at radius 1 is 1.52 bits per heavy atom. The van der Waals surface area contributed by atoms with Crippen molar-refractivity contribution in [1.82, 2.24) is 9.88 Å². The minimum Gasteiger partial charge on any atom is -0.469 e. The first-order valence-electron chi connectivity index (χ1n) is 7.03. The molecule has 1 aliphatic rings. The van der Waals surface area contributed by atoms with Crippen LogP contribution < -0.4 is 0 Å². The third-order valence-electron chi connectivity index (χ3n) is 3.75. The van der Waals surface area contributed by atoms with E-state index in [1.165, 1.54) is 12.7 Å². The molecule has 2 aromatic rings. The Morgan fingerprint density at radius 3 is 3.19 bits per heavy atom. The zero-order valence-corrected chi connectivity index (χ0v) is 13.6. The van der Waals surface area contributed by atoms with E-state index in [1.807, 2.05) is 0 Å². The highest BCUT2D eigenvalue weighted by Crippen LogP contribution is 2.27. The number of rotatable bonds is 4. The molecule has 0 aromatic carbocycles. The van der Waals surface area contributed by atoms with Crippen molar-refractivity contribution >= 4 is 28.6 Å². The third-order valence-corrected chi connectivity index (χ3v) is 5.37. The molecule has 1 saturated heterocycles. The molecule has 1 atom stereocenters. The highest BCUT2D eigenvalue weighted by molar-refractivity contribution is 7.14. The number of carbonyl (C=O) groups is 1. The van der Waals surface area contributed by atoms with E-state index in [4.69, 9.17) is 9.72 Å². The van der Waals surface area contributed by atoms with Crippen LogP contribution in [0.3, 0.4) is 0 Å². The van der Waals surface area contributed by atoms with Crippen LogP contribution in [-0.4, -0.2) is 36.1 Å². The molecule has 0 radical (unpaired) electrons. The smallest absolute Gasteiger partial charge is 0.309 e. The van der Waals surface area contributed by atoms with Crippen molar-refractivity contribution < 1.29 is 9.53 Å². The van der Waals surface area contributed by atoms with Crippen LogP contribution in [0.15, 0.2) is 22.2 Å². The first kappa shape index (κ1) is 14.7. The Hall–Kier alpha value is -1.24. The van der Waals surface area contributed by atoms with Crippen molar-refractivity contribution in [2.75, 3.05) is 20.2 Å². The number of thiazole rings is 1. The van der Waals surface area contributed by atoms with Crippen LogP contribution in [0.25, 0.3) is 10.6 Å². The van der Waals surface area contributed by atoms with E-state index in [2.05, 4.69) is 27.1 Å². The molecule has 2 aromatic heterocycles. The summed E-state index contributed by atoms with van der Waals surface area (Å²) in [5.41, 5.74) is 2.29. The van der Waals surface area contributed by atoms with Gasteiger partial charge < -0.3 is 4.74 Å². The second kappa shape index (κ2) is 6.68. The molecule has 21 heavy (non-hydrogen) atoms. The summed E-state index contributed by atoms with van der Waals surface area (Å²) in [7, 11) is 1.47. The maximum atomic E-state index is 11.7. The van der Waals surface area contributed by atoms with Crippen molar-refractivity contribution in [2.24, 2.45) is 5.92 Å². The van der Waals surface area contributed by atoms with Crippen LogP contribution in [0.4, 0.5) is 0 Å². The van der Waals surface area contributed by atoms with E-state index in [0.29, 0.717) is 0 Å². The summed E-state index contributed by atoms with van der Waals surface area (Å²) < 4.78 is 4.86. The number of aromatic nitrogens is 1. The van der Waals surface area contributed by atoms with Crippen LogP contribution in [0.5, 0.6) is 0 Å². The van der Waals surface area contributed by atoms with Crippen molar-refractivity contribution in [1.29, 1.82) is 0 Å². The number of methoxy groups -OCH3 is 1. The topological polar surface area (TPSA) is 42.4 Å². The van der Waals surface area contributed by atoms with E-state index < -0.39 is 0 Å². The molecule has 6 heteroatoms. The van der Waals surface area contributed by atoms with Crippen LogP contribution in [0.1, 0.15) is 18.5 Å². The van der Waals surface area contributed by atoms with E-state index in [-0.39, 0.29) is 11.9 Å². The minimum atomic E-state index is -0.0862. The van der Waals surface area contributed by atoms with Crippen molar-refractivity contribution in [2.45, 2.75) is 19.4 Å². The molecule has 0 N–H and O–H groups in total. The molecule has 3 heterocycles. The zero-order valence-electron chi connectivity index (χ0n) is 11.9. The number of hydrogen-bond donors (Lipinski definition) is 0. The number of carbonyl (C=O) groups excluding carboxylic acids is 1. The third kappa shape index (κ3) is 3.51. The summed E-state index contributed by atoms with van der Waals surface area (Å²) in [5.74, 6) is -0.0735. The predicted molar refractivity (Wildman–Crippen MR) is 85.4 cm³/mol. The van der Waals surface area contributed by atoms with Gasteiger partial charge in [0.2, 0.25) is 0 Å². The SMILES string of the molecule is COC(=O)C1CCCN(Cc2csc(-c3ccsc3)n2)C1. The monoisotopic (exact) mass is 322 g/mol. The van der Waals surface area contributed by atoms with Crippen LogP contribution in [-0.2, 0) is 16.1 Å². The molecule has 0 aliphatic carbocycles. The average Bonchev–Trinajstić information content (AvgIpc) is 3.17. The summed E-state index contributed by atoms with van der Waals surface area (Å²) in [6.45, 7) is 2.62.